The van der Waals surface area contributed by atoms with E-state index in [-0.39, 0.29) is 24.3 Å². The van der Waals surface area contributed by atoms with Gasteiger partial charge >= 0.3 is 0 Å². The van der Waals surface area contributed by atoms with Crippen molar-refractivity contribution in [1.29, 1.82) is 0 Å². The van der Waals surface area contributed by atoms with E-state index in [1.807, 2.05) is 36.4 Å². The summed E-state index contributed by atoms with van der Waals surface area (Å²) in [4.78, 5) is 31.3. The molecule has 2 N–H and O–H groups in total. The van der Waals surface area contributed by atoms with Crippen molar-refractivity contribution < 1.29 is 9.59 Å². The number of nitrogens with zero attached hydrogens (tertiary/aromatic N) is 4. The molecule has 0 fully saturated rings. The van der Waals surface area contributed by atoms with Crippen LogP contribution in [-0.4, -0.2) is 52.1 Å². The standard InChI is InChI=1S/C30H34N6O2/c1-21-10-12-23(13-11-21)22(2)16-32-29(24-8-6-5-7-9-24)30(38)34-27-15-14-25(17-31-27)26-18-33-36(19-26)20-28(37)35(3)4/h5-15,17-19,22,29,32H,16,20H2,1-4H3,(H,31,34,38)/t22-,29-/m1/s1. The zero-order chi connectivity index (χ0) is 27.1. The Hall–Kier alpha value is -4.30. The Kier molecular flexibility index (Phi) is 8.66. The summed E-state index contributed by atoms with van der Waals surface area (Å²) in [5.41, 5.74) is 5.02. The fourth-order valence-electron chi connectivity index (χ4n) is 4.03. The summed E-state index contributed by atoms with van der Waals surface area (Å²) in [6.07, 6.45) is 5.19. The monoisotopic (exact) mass is 510 g/mol. The Balaban J connectivity index is 1.42. The number of hydrogen-bond acceptors (Lipinski definition) is 5. The van der Waals surface area contributed by atoms with Gasteiger partial charge in [-0.15, -0.1) is 0 Å². The summed E-state index contributed by atoms with van der Waals surface area (Å²) in [7, 11) is 3.43. The van der Waals surface area contributed by atoms with Gasteiger partial charge in [-0.2, -0.15) is 5.10 Å². The molecule has 0 aliphatic rings. The van der Waals surface area contributed by atoms with Crippen LogP contribution in [0.2, 0.25) is 0 Å². The molecule has 0 unspecified atom stereocenters. The van der Waals surface area contributed by atoms with Gasteiger partial charge in [0.2, 0.25) is 11.8 Å². The van der Waals surface area contributed by atoms with Crippen molar-refractivity contribution in [2.75, 3.05) is 26.0 Å². The van der Waals surface area contributed by atoms with Crippen LogP contribution in [0.3, 0.4) is 0 Å². The van der Waals surface area contributed by atoms with Crippen LogP contribution in [0.1, 0.15) is 35.6 Å². The number of nitrogens with one attached hydrogen (secondary N) is 2. The number of aryl methyl sites for hydroxylation is 1. The molecule has 2 heterocycles. The van der Waals surface area contributed by atoms with Gasteiger partial charge in [-0.3, -0.25) is 14.3 Å². The SMILES string of the molecule is Cc1ccc([C@H](C)CN[C@@H](C(=O)Nc2ccc(-c3cnn(CC(=O)N(C)C)c3)cn2)c2ccccc2)cc1. The second-order valence-electron chi connectivity index (χ2n) is 9.70. The Morgan fingerprint density at radius 1 is 0.921 bits per heavy atom. The molecule has 0 spiro atoms. The first-order chi connectivity index (χ1) is 18.3. The van der Waals surface area contributed by atoms with Gasteiger partial charge in [0.15, 0.2) is 0 Å². The van der Waals surface area contributed by atoms with Gasteiger partial charge < -0.3 is 15.5 Å². The van der Waals surface area contributed by atoms with Crippen LogP contribution in [0.15, 0.2) is 85.3 Å². The lowest BCUT2D eigenvalue weighted by Gasteiger charge is -2.21. The largest absolute Gasteiger partial charge is 0.347 e. The van der Waals surface area contributed by atoms with E-state index in [9.17, 15) is 9.59 Å². The summed E-state index contributed by atoms with van der Waals surface area (Å²) in [6.45, 7) is 5.04. The van der Waals surface area contributed by atoms with Gasteiger partial charge in [0.05, 0.1) is 6.20 Å². The molecular weight excluding hydrogens is 476 g/mol. The van der Waals surface area contributed by atoms with Gasteiger partial charge in [-0.1, -0.05) is 67.1 Å². The first-order valence-corrected chi connectivity index (χ1v) is 12.6. The molecule has 2 amide bonds. The molecule has 8 nitrogen and oxygen atoms in total. The van der Waals surface area contributed by atoms with E-state index in [1.54, 1.807) is 43.4 Å². The minimum atomic E-state index is -0.530. The molecule has 2 aromatic carbocycles. The number of hydrogen-bond donors (Lipinski definition) is 2. The van der Waals surface area contributed by atoms with Crippen molar-refractivity contribution in [2.45, 2.75) is 32.4 Å². The van der Waals surface area contributed by atoms with Crippen LogP contribution >= 0.6 is 0 Å². The molecule has 0 aliphatic carbocycles. The number of carbonyl (C=O) groups is 2. The van der Waals surface area contributed by atoms with Gasteiger partial charge in [0.1, 0.15) is 18.4 Å². The molecule has 196 valence electrons. The highest BCUT2D eigenvalue weighted by Crippen LogP contribution is 2.22. The van der Waals surface area contributed by atoms with Gasteiger partial charge in [-0.05, 0) is 36.1 Å². The van der Waals surface area contributed by atoms with E-state index < -0.39 is 6.04 Å². The summed E-state index contributed by atoms with van der Waals surface area (Å²) in [5, 5.41) is 10.7. The molecule has 0 saturated heterocycles. The van der Waals surface area contributed by atoms with E-state index in [1.165, 1.54) is 16.0 Å². The average molecular weight is 511 g/mol. The number of rotatable bonds is 10. The topological polar surface area (TPSA) is 92.2 Å². The highest BCUT2D eigenvalue weighted by Gasteiger charge is 2.22. The number of pyridine rings is 1. The second-order valence-corrected chi connectivity index (χ2v) is 9.70. The normalized spacial score (nSPS) is 12.5. The third kappa shape index (κ3) is 6.92. The number of carbonyl (C=O) groups excluding carboxylic acids is 2. The van der Waals surface area contributed by atoms with Crippen molar-refractivity contribution in [3.63, 3.8) is 0 Å². The Labute approximate surface area is 223 Å². The van der Waals surface area contributed by atoms with E-state index in [2.05, 4.69) is 58.8 Å². The molecule has 4 aromatic rings. The minimum Gasteiger partial charge on any atom is -0.347 e. The quantitative estimate of drug-likeness (QED) is 0.330. The van der Waals surface area contributed by atoms with E-state index >= 15 is 0 Å². The fraction of sp³-hybridized carbons (Fsp3) is 0.267. The first-order valence-electron chi connectivity index (χ1n) is 12.6. The molecule has 2 aromatic heterocycles. The second kappa shape index (κ2) is 12.3. The summed E-state index contributed by atoms with van der Waals surface area (Å²) < 4.78 is 1.60. The molecule has 2 atom stereocenters. The lowest BCUT2D eigenvalue weighted by Crippen LogP contribution is -2.35. The molecule has 0 radical (unpaired) electrons. The summed E-state index contributed by atoms with van der Waals surface area (Å²) in [6, 6.07) is 21.3. The first kappa shape index (κ1) is 26.8. The predicted molar refractivity (Wildman–Crippen MR) is 150 cm³/mol. The average Bonchev–Trinajstić information content (AvgIpc) is 3.38. The number of amides is 2. The van der Waals surface area contributed by atoms with Crippen LogP contribution in [0, 0.1) is 6.92 Å². The maximum absolute atomic E-state index is 13.4. The molecule has 0 bridgehead atoms. The highest BCUT2D eigenvalue weighted by atomic mass is 16.2. The lowest BCUT2D eigenvalue weighted by molar-refractivity contribution is -0.129. The maximum atomic E-state index is 13.4. The third-order valence-corrected chi connectivity index (χ3v) is 6.45. The van der Waals surface area contributed by atoms with Gasteiger partial charge in [-0.25, -0.2) is 4.98 Å². The molecule has 8 heteroatoms. The predicted octanol–water partition coefficient (Wildman–Crippen LogP) is 4.41. The summed E-state index contributed by atoms with van der Waals surface area (Å²) in [5.74, 6) is 0.484. The molecule has 4 rings (SSSR count). The number of likely N-dealkylation sites (N-methyl/N-ethyl adjacent to an activating group) is 1. The minimum absolute atomic E-state index is 0.0364. The van der Waals surface area contributed by atoms with E-state index in [0.29, 0.717) is 12.4 Å². The number of anilines is 1. The van der Waals surface area contributed by atoms with Crippen molar-refractivity contribution in [3.8, 4) is 11.1 Å². The van der Waals surface area contributed by atoms with Gasteiger partial charge in [0, 0.05) is 44.2 Å². The van der Waals surface area contributed by atoms with Crippen LogP contribution in [0.25, 0.3) is 11.1 Å². The Morgan fingerprint density at radius 2 is 1.66 bits per heavy atom. The zero-order valence-electron chi connectivity index (χ0n) is 22.3. The van der Waals surface area contributed by atoms with E-state index in [0.717, 1.165) is 16.7 Å². The van der Waals surface area contributed by atoms with Crippen LogP contribution < -0.4 is 10.6 Å². The third-order valence-electron chi connectivity index (χ3n) is 6.45. The van der Waals surface area contributed by atoms with Crippen molar-refractivity contribution >= 4 is 17.6 Å². The lowest BCUT2D eigenvalue weighted by atomic mass is 9.98. The maximum Gasteiger partial charge on any atom is 0.247 e. The zero-order valence-corrected chi connectivity index (χ0v) is 22.3. The van der Waals surface area contributed by atoms with Crippen LogP contribution in [0.4, 0.5) is 5.82 Å². The van der Waals surface area contributed by atoms with Crippen molar-refractivity contribution in [3.05, 3.63) is 102 Å². The highest BCUT2D eigenvalue weighted by molar-refractivity contribution is 5.95. The molecular formula is C30H34N6O2. The fourth-order valence-corrected chi connectivity index (χ4v) is 4.03. The Bertz CT molecular complexity index is 1350. The number of benzene rings is 2. The summed E-state index contributed by atoms with van der Waals surface area (Å²) >= 11 is 0. The smallest absolute Gasteiger partial charge is 0.247 e. The van der Waals surface area contributed by atoms with Gasteiger partial charge in [0.25, 0.3) is 0 Å². The van der Waals surface area contributed by atoms with Crippen LogP contribution in [-0.2, 0) is 16.1 Å². The van der Waals surface area contributed by atoms with E-state index in [4.69, 9.17) is 0 Å². The molecule has 0 saturated carbocycles. The van der Waals surface area contributed by atoms with Crippen molar-refractivity contribution in [2.24, 2.45) is 0 Å². The Morgan fingerprint density at radius 3 is 2.32 bits per heavy atom. The van der Waals surface area contributed by atoms with Crippen LogP contribution in [0.5, 0.6) is 0 Å². The number of aromatic nitrogens is 3. The molecule has 38 heavy (non-hydrogen) atoms. The van der Waals surface area contributed by atoms with Crippen molar-refractivity contribution in [1.82, 2.24) is 25.0 Å². The molecule has 0 aliphatic heterocycles.